The quantitative estimate of drug-likeness (QED) is 0.675. The Morgan fingerprint density at radius 3 is 2.21 bits per heavy atom. The molecule has 0 fully saturated rings. The third-order valence-electron chi connectivity index (χ3n) is 5.50. The van der Waals surface area contributed by atoms with Gasteiger partial charge in [-0.05, 0) is 48.1 Å². The molecule has 124 valence electrons. The van der Waals surface area contributed by atoms with E-state index < -0.39 is 0 Å². The third kappa shape index (κ3) is 2.50. The maximum atomic E-state index is 12.5. The Morgan fingerprint density at radius 2 is 1.54 bits per heavy atom. The van der Waals surface area contributed by atoms with E-state index in [1.165, 1.54) is 29.2 Å². The highest BCUT2D eigenvalue weighted by Crippen LogP contribution is 2.52. The maximum Gasteiger partial charge on any atom is 0.163 e. The van der Waals surface area contributed by atoms with Crippen LogP contribution in [-0.4, -0.2) is 11.6 Å². The number of ketones is 2. The summed E-state index contributed by atoms with van der Waals surface area (Å²) in [7, 11) is 0. The molecule has 0 saturated carbocycles. The van der Waals surface area contributed by atoms with Crippen LogP contribution in [0.4, 0.5) is 0 Å². The number of hydrogen-bond donors (Lipinski definition) is 0. The van der Waals surface area contributed by atoms with E-state index in [9.17, 15) is 9.59 Å². The lowest BCUT2D eigenvalue weighted by Gasteiger charge is -2.29. The molecule has 0 radical (unpaired) electrons. The maximum absolute atomic E-state index is 12.5. The van der Waals surface area contributed by atoms with Crippen molar-refractivity contribution >= 4 is 11.6 Å². The van der Waals surface area contributed by atoms with E-state index in [1.54, 1.807) is 0 Å². The number of Topliss-reactive ketones (excluding diaryl/α,β-unsaturated/α-hetero) is 2. The molecule has 0 atom stereocenters. The molecule has 3 rings (SSSR count). The Labute approximate surface area is 143 Å². The molecule has 2 nitrogen and oxygen atoms in total. The van der Waals surface area contributed by atoms with Gasteiger partial charge in [0, 0.05) is 23.8 Å². The second-order valence-corrected chi connectivity index (χ2v) is 6.72. The van der Waals surface area contributed by atoms with Gasteiger partial charge < -0.3 is 4.79 Å². The van der Waals surface area contributed by atoms with Gasteiger partial charge in [-0.25, -0.2) is 0 Å². The molecular formula is C22H24O2. The van der Waals surface area contributed by atoms with Crippen LogP contribution in [0.2, 0.25) is 0 Å². The minimum absolute atomic E-state index is 0.0111. The molecule has 2 heteroatoms. The summed E-state index contributed by atoms with van der Waals surface area (Å²) in [5, 5.41) is 0. The van der Waals surface area contributed by atoms with Crippen molar-refractivity contribution in [2.45, 2.75) is 51.9 Å². The predicted octanol–water partition coefficient (Wildman–Crippen LogP) is 5.33. The third-order valence-corrected chi connectivity index (χ3v) is 5.50. The molecule has 1 aliphatic rings. The van der Waals surface area contributed by atoms with Crippen molar-refractivity contribution in [1.82, 2.24) is 0 Å². The van der Waals surface area contributed by atoms with Gasteiger partial charge in [-0.1, -0.05) is 50.2 Å². The average molecular weight is 320 g/mol. The molecule has 1 aliphatic carbocycles. The van der Waals surface area contributed by atoms with Crippen molar-refractivity contribution < 1.29 is 9.59 Å². The van der Waals surface area contributed by atoms with Crippen molar-refractivity contribution in [3.63, 3.8) is 0 Å². The van der Waals surface area contributed by atoms with Crippen LogP contribution in [0.3, 0.4) is 0 Å². The summed E-state index contributed by atoms with van der Waals surface area (Å²) in [5.41, 5.74) is 5.90. The number of fused-ring (bicyclic) bond motifs is 3. The fraction of sp³-hybridized carbons (Fsp3) is 0.364. The number of hydrogen-bond acceptors (Lipinski definition) is 2. The molecule has 0 bridgehead atoms. The van der Waals surface area contributed by atoms with E-state index in [1.807, 2.05) is 6.07 Å². The van der Waals surface area contributed by atoms with Gasteiger partial charge >= 0.3 is 0 Å². The number of rotatable bonds is 6. The fourth-order valence-electron chi connectivity index (χ4n) is 4.07. The Hall–Kier alpha value is -2.22. The summed E-state index contributed by atoms with van der Waals surface area (Å²) in [4.78, 5) is 23.6. The molecule has 0 N–H and O–H groups in total. The smallest absolute Gasteiger partial charge is 0.163 e. The second-order valence-electron chi connectivity index (χ2n) is 6.72. The highest BCUT2D eigenvalue weighted by molar-refractivity contribution is 5.99. The van der Waals surface area contributed by atoms with Gasteiger partial charge in [0.2, 0.25) is 0 Å². The van der Waals surface area contributed by atoms with Crippen molar-refractivity contribution in [3.8, 4) is 11.1 Å². The first-order valence-electron chi connectivity index (χ1n) is 8.80. The first-order valence-corrected chi connectivity index (χ1v) is 8.80. The van der Waals surface area contributed by atoms with Gasteiger partial charge in [-0.3, -0.25) is 4.79 Å². The highest BCUT2D eigenvalue weighted by atomic mass is 16.1. The lowest BCUT2D eigenvalue weighted by molar-refractivity contribution is -0.116. The van der Waals surface area contributed by atoms with Gasteiger partial charge in [0.05, 0.1) is 0 Å². The van der Waals surface area contributed by atoms with E-state index in [0.717, 1.165) is 18.4 Å². The van der Waals surface area contributed by atoms with Crippen LogP contribution in [-0.2, 0) is 10.2 Å². The van der Waals surface area contributed by atoms with E-state index in [0.29, 0.717) is 12.8 Å². The highest BCUT2D eigenvalue weighted by Gasteiger charge is 2.40. The Kier molecular flexibility index (Phi) is 4.40. The Bertz CT molecular complexity index is 797. The monoisotopic (exact) mass is 320 g/mol. The SMILES string of the molecule is CCC1(CC)c2ccccc2-c2ccc(C(=O)CCC(C)=O)cc21. The number of carbonyl (C=O) groups excluding carboxylic acids is 2. The zero-order chi connectivity index (χ0) is 17.3. The van der Waals surface area contributed by atoms with Crippen LogP contribution in [0.15, 0.2) is 42.5 Å². The Balaban J connectivity index is 2.08. The van der Waals surface area contributed by atoms with Crippen LogP contribution < -0.4 is 0 Å². The van der Waals surface area contributed by atoms with Crippen LogP contribution in [0.25, 0.3) is 11.1 Å². The van der Waals surface area contributed by atoms with Gasteiger partial charge in [-0.15, -0.1) is 0 Å². The van der Waals surface area contributed by atoms with Crippen LogP contribution in [0, 0.1) is 0 Å². The second kappa shape index (κ2) is 6.35. The number of carbonyl (C=O) groups is 2. The van der Waals surface area contributed by atoms with Crippen LogP contribution in [0.1, 0.15) is 67.9 Å². The molecule has 0 spiro atoms. The molecule has 0 heterocycles. The Morgan fingerprint density at radius 1 is 0.875 bits per heavy atom. The lowest BCUT2D eigenvalue weighted by Crippen LogP contribution is -2.23. The summed E-state index contributed by atoms with van der Waals surface area (Å²) in [6.07, 6.45) is 2.65. The van der Waals surface area contributed by atoms with Crippen LogP contribution in [0.5, 0.6) is 0 Å². The average Bonchev–Trinajstić information content (AvgIpc) is 2.89. The molecule has 2 aromatic rings. The zero-order valence-corrected chi connectivity index (χ0v) is 14.7. The molecule has 2 aromatic carbocycles. The van der Waals surface area contributed by atoms with E-state index in [2.05, 4.69) is 50.2 Å². The summed E-state index contributed by atoms with van der Waals surface area (Å²) < 4.78 is 0. The summed E-state index contributed by atoms with van der Waals surface area (Å²) >= 11 is 0. The minimum atomic E-state index is -0.0111. The first kappa shape index (κ1) is 16.6. The summed E-state index contributed by atoms with van der Waals surface area (Å²) in [6.45, 7) is 5.98. The van der Waals surface area contributed by atoms with Crippen molar-refractivity contribution in [2.24, 2.45) is 0 Å². The minimum Gasteiger partial charge on any atom is -0.300 e. The van der Waals surface area contributed by atoms with Gasteiger partial charge in [0.1, 0.15) is 5.78 Å². The van der Waals surface area contributed by atoms with Crippen molar-refractivity contribution in [1.29, 1.82) is 0 Å². The normalized spacial score (nSPS) is 14.1. The first-order chi connectivity index (χ1) is 11.5. The van der Waals surface area contributed by atoms with E-state index >= 15 is 0 Å². The lowest BCUT2D eigenvalue weighted by atomic mass is 9.73. The molecule has 0 amide bonds. The number of benzene rings is 2. The van der Waals surface area contributed by atoms with Gasteiger partial charge in [0.25, 0.3) is 0 Å². The molecule has 0 unspecified atom stereocenters. The van der Waals surface area contributed by atoms with Gasteiger partial charge in [0.15, 0.2) is 5.78 Å². The standard InChI is InChI=1S/C22H24O2/c1-4-22(5-2)19-9-7-6-8-17(19)18-12-11-16(14-20(18)22)21(24)13-10-15(3)23/h6-9,11-12,14H,4-5,10,13H2,1-3H3. The van der Waals surface area contributed by atoms with Crippen molar-refractivity contribution in [2.75, 3.05) is 0 Å². The van der Waals surface area contributed by atoms with Gasteiger partial charge in [-0.2, -0.15) is 0 Å². The van der Waals surface area contributed by atoms with Crippen molar-refractivity contribution in [3.05, 3.63) is 59.2 Å². The summed E-state index contributed by atoms with van der Waals surface area (Å²) in [5.74, 6) is 0.124. The zero-order valence-electron chi connectivity index (χ0n) is 14.7. The largest absolute Gasteiger partial charge is 0.300 e. The topological polar surface area (TPSA) is 34.1 Å². The molecule has 0 aromatic heterocycles. The molecule has 0 aliphatic heterocycles. The predicted molar refractivity (Wildman–Crippen MR) is 97.5 cm³/mol. The molecule has 0 saturated heterocycles. The molecule has 24 heavy (non-hydrogen) atoms. The van der Waals surface area contributed by atoms with E-state index in [4.69, 9.17) is 0 Å². The molecular weight excluding hydrogens is 296 g/mol. The van der Waals surface area contributed by atoms with Crippen LogP contribution >= 0.6 is 0 Å². The summed E-state index contributed by atoms with van der Waals surface area (Å²) in [6, 6.07) is 14.7. The van der Waals surface area contributed by atoms with E-state index in [-0.39, 0.29) is 17.0 Å². The fourth-order valence-corrected chi connectivity index (χ4v) is 4.07.